The van der Waals surface area contributed by atoms with E-state index in [0.717, 1.165) is 12.8 Å². The highest BCUT2D eigenvalue weighted by Crippen LogP contribution is 2.19. The molecule has 0 aromatic heterocycles. The summed E-state index contributed by atoms with van der Waals surface area (Å²) in [4.78, 5) is 13.6. The van der Waals surface area contributed by atoms with Gasteiger partial charge in [0.1, 0.15) is 5.84 Å². The molecule has 0 saturated carbocycles. The summed E-state index contributed by atoms with van der Waals surface area (Å²) < 4.78 is 0. The number of hydrogen-bond acceptors (Lipinski definition) is 3. The molecule has 0 aromatic carbocycles. The van der Waals surface area contributed by atoms with Crippen LogP contribution in [0.2, 0.25) is 0 Å². The maximum atomic E-state index is 12.0. The second-order valence-electron chi connectivity index (χ2n) is 4.41. The Balaban J connectivity index is 2.70. The molecule has 1 saturated heterocycles. The summed E-state index contributed by atoms with van der Waals surface area (Å²) in [5, 5.41) is 7.41. The van der Waals surface area contributed by atoms with Crippen LogP contribution in [0.3, 0.4) is 0 Å². The minimum atomic E-state index is -0.482. The van der Waals surface area contributed by atoms with E-state index in [1.165, 1.54) is 0 Å². The lowest BCUT2D eigenvalue weighted by molar-refractivity contribution is -0.133. The van der Waals surface area contributed by atoms with Crippen LogP contribution >= 0.6 is 0 Å². The zero-order chi connectivity index (χ0) is 11.6. The van der Waals surface area contributed by atoms with E-state index >= 15 is 0 Å². The fraction of sp³-hybridized carbons (Fsp3) is 0.800. The second-order valence-corrected chi connectivity index (χ2v) is 4.41. The number of nitrogens with one attached hydrogen (secondary N) is 1. The molecule has 0 aliphatic carbocycles. The molecule has 1 aliphatic heterocycles. The average Bonchev–Trinajstić information content (AvgIpc) is 2.63. The molecule has 2 unspecified atom stereocenters. The van der Waals surface area contributed by atoms with Gasteiger partial charge in [0.2, 0.25) is 5.91 Å². The van der Waals surface area contributed by atoms with Gasteiger partial charge in [-0.1, -0.05) is 13.8 Å². The highest BCUT2D eigenvalue weighted by molar-refractivity contribution is 5.90. The van der Waals surface area contributed by atoms with Gasteiger partial charge >= 0.3 is 0 Å². The van der Waals surface area contributed by atoms with E-state index in [2.05, 4.69) is 0 Å². The normalized spacial score (nSPS) is 23.2. The minimum Gasteiger partial charge on any atom is -0.386 e. The molecule has 5 nitrogen and oxygen atoms in total. The first-order valence-corrected chi connectivity index (χ1v) is 5.35. The third-order valence-electron chi connectivity index (χ3n) is 2.90. The van der Waals surface area contributed by atoms with Crippen LogP contribution in [0.1, 0.15) is 26.7 Å². The summed E-state index contributed by atoms with van der Waals surface area (Å²) in [5.74, 6) is 0.102. The molecule has 1 rings (SSSR count). The van der Waals surface area contributed by atoms with Crippen molar-refractivity contribution in [1.82, 2.24) is 4.90 Å². The van der Waals surface area contributed by atoms with E-state index in [9.17, 15) is 4.79 Å². The van der Waals surface area contributed by atoms with E-state index in [1.807, 2.05) is 13.8 Å². The number of amides is 1. The lowest BCUT2D eigenvalue weighted by atomic mass is 10.0. The summed E-state index contributed by atoms with van der Waals surface area (Å²) in [6, 6.07) is -0.716. The highest BCUT2D eigenvalue weighted by atomic mass is 16.2. The standard InChI is InChI=1S/C10H20N4O/c1-6(2)8(11)10(15)14-5-3-4-7(14)9(12)13/h6-8H,3-5,11H2,1-2H3,(H3,12,13). The van der Waals surface area contributed by atoms with E-state index in [-0.39, 0.29) is 23.7 Å². The van der Waals surface area contributed by atoms with Gasteiger partial charge in [0.15, 0.2) is 0 Å². The van der Waals surface area contributed by atoms with Crippen LogP contribution in [0.15, 0.2) is 0 Å². The maximum Gasteiger partial charge on any atom is 0.240 e. The van der Waals surface area contributed by atoms with Gasteiger partial charge < -0.3 is 16.4 Å². The molecular formula is C10H20N4O. The number of hydrogen-bond donors (Lipinski definition) is 3. The van der Waals surface area contributed by atoms with E-state index in [4.69, 9.17) is 16.9 Å². The van der Waals surface area contributed by atoms with Crippen LogP contribution in [-0.4, -0.2) is 35.3 Å². The van der Waals surface area contributed by atoms with Gasteiger partial charge in [-0.25, -0.2) is 0 Å². The van der Waals surface area contributed by atoms with Crippen LogP contribution < -0.4 is 11.5 Å². The quantitative estimate of drug-likeness (QED) is 0.450. The van der Waals surface area contributed by atoms with Crippen molar-refractivity contribution >= 4 is 11.7 Å². The SMILES string of the molecule is CC(C)C(N)C(=O)N1CCCC1C(=N)N. The van der Waals surface area contributed by atoms with E-state index in [1.54, 1.807) is 4.90 Å². The fourth-order valence-corrected chi connectivity index (χ4v) is 1.83. The van der Waals surface area contributed by atoms with Crippen LogP contribution in [0, 0.1) is 11.3 Å². The number of rotatable bonds is 3. The fourth-order valence-electron chi connectivity index (χ4n) is 1.83. The third-order valence-corrected chi connectivity index (χ3v) is 2.90. The minimum absolute atomic E-state index is 0.0665. The van der Waals surface area contributed by atoms with Crippen molar-refractivity contribution in [3.63, 3.8) is 0 Å². The summed E-state index contributed by atoms with van der Waals surface area (Å²) in [5.41, 5.74) is 11.3. The van der Waals surface area contributed by atoms with Crippen molar-refractivity contribution < 1.29 is 4.79 Å². The number of likely N-dealkylation sites (tertiary alicyclic amines) is 1. The molecule has 0 radical (unpaired) electrons. The Morgan fingerprint density at radius 2 is 2.13 bits per heavy atom. The average molecular weight is 212 g/mol. The first-order valence-electron chi connectivity index (χ1n) is 5.35. The Kier molecular flexibility index (Phi) is 3.68. The maximum absolute atomic E-state index is 12.0. The monoisotopic (exact) mass is 212 g/mol. The Morgan fingerprint density at radius 3 is 2.60 bits per heavy atom. The van der Waals surface area contributed by atoms with Gasteiger partial charge in [0.25, 0.3) is 0 Å². The molecular weight excluding hydrogens is 192 g/mol. The summed E-state index contributed by atoms with van der Waals surface area (Å²) in [7, 11) is 0. The van der Waals surface area contributed by atoms with Crippen molar-refractivity contribution in [1.29, 1.82) is 5.41 Å². The number of amidine groups is 1. The first-order chi connectivity index (χ1) is 6.95. The van der Waals surface area contributed by atoms with Crippen molar-refractivity contribution in [2.45, 2.75) is 38.8 Å². The number of carbonyl (C=O) groups is 1. The number of carbonyl (C=O) groups excluding carboxylic acids is 1. The Morgan fingerprint density at radius 1 is 1.53 bits per heavy atom. The summed E-state index contributed by atoms with van der Waals surface area (Å²) >= 11 is 0. The lowest BCUT2D eigenvalue weighted by Gasteiger charge is -2.27. The lowest BCUT2D eigenvalue weighted by Crippen LogP contribution is -2.51. The third kappa shape index (κ3) is 2.47. The van der Waals surface area contributed by atoms with E-state index in [0.29, 0.717) is 6.54 Å². The van der Waals surface area contributed by atoms with Gasteiger partial charge in [0.05, 0.1) is 12.1 Å². The number of nitrogens with zero attached hydrogens (tertiary/aromatic N) is 1. The number of nitrogens with two attached hydrogens (primary N) is 2. The second kappa shape index (κ2) is 4.61. The summed E-state index contributed by atoms with van der Waals surface area (Å²) in [6.45, 7) is 4.51. The van der Waals surface area contributed by atoms with Crippen molar-refractivity contribution in [3.05, 3.63) is 0 Å². The van der Waals surface area contributed by atoms with Crippen molar-refractivity contribution in [2.75, 3.05) is 6.54 Å². The molecule has 1 amide bonds. The summed E-state index contributed by atoms with van der Waals surface area (Å²) in [6.07, 6.45) is 1.69. The van der Waals surface area contributed by atoms with Crippen LogP contribution in [0.4, 0.5) is 0 Å². The molecule has 1 fully saturated rings. The van der Waals surface area contributed by atoms with E-state index < -0.39 is 6.04 Å². The Bertz CT molecular complexity index is 264. The van der Waals surface area contributed by atoms with Crippen LogP contribution in [-0.2, 0) is 4.79 Å². The molecule has 0 aromatic rings. The molecule has 0 bridgehead atoms. The molecule has 5 N–H and O–H groups in total. The largest absolute Gasteiger partial charge is 0.386 e. The molecule has 86 valence electrons. The first kappa shape index (κ1) is 12.0. The van der Waals surface area contributed by atoms with Crippen molar-refractivity contribution in [2.24, 2.45) is 17.4 Å². The van der Waals surface area contributed by atoms with Gasteiger partial charge in [-0.2, -0.15) is 0 Å². The Labute approximate surface area is 90.3 Å². The van der Waals surface area contributed by atoms with Gasteiger partial charge in [-0.15, -0.1) is 0 Å². The van der Waals surface area contributed by atoms with Crippen molar-refractivity contribution in [3.8, 4) is 0 Å². The topological polar surface area (TPSA) is 96.2 Å². The molecule has 5 heteroatoms. The van der Waals surface area contributed by atoms with Gasteiger partial charge in [0, 0.05) is 6.54 Å². The highest BCUT2D eigenvalue weighted by Gasteiger charge is 2.34. The predicted octanol–water partition coefficient (Wildman–Crippen LogP) is -0.103. The smallest absolute Gasteiger partial charge is 0.240 e. The molecule has 1 aliphatic rings. The molecule has 2 atom stereocenters. The van der Waals surface area contributed by atoms with Gasteiger partial charge in [-0.3, -0.25) is 10.2 Å². The predicted molar refractivity (Wildman–Crippen MR) is 59.5 cm³/mol. The van der Waals surface area contributed by atoms with Gasteiger partial charge in [-0.05, 0) is 18.8 Å². The zero-order valence-corrected chi connectivity index (χ0v) is 9.36. The molecule has 0 spiro atoms. The zero-order valence-electron chi connectivity index (χ0n) is 9.36. The molecule has 15 heavy (non-hydrogen) atoms. The van der Waals surface area contributed by atoms with Crippen LogP contribution in [0.5, 0.6) is 0 Å². The Hall–Kier alpha value is -1.10. The van der Waals surface area contributed by atoms with Crippen LogP contribution in [0.25, 0.3) is 0 Å². The molecule has 1 heterocycles.